The molecule has 1 heterocycles. The zero-order valence-electron chi connectivity index (χ0n) is 18.4. The maximum atomic E-state index is 13.9. The molecule has 0 radical (unpaired) electrons. The van der Waals surface area contributed by atoms with Gasteiger partial charge in [-0.1, -0.05) is 23.8 Å². The molecule has 0 saturated carbocycles. The third-order valence-corrected chi connectivity index (χ3v) is 7.28. The first-order chi connectivity index (χ1) is 15.0. The number of alkyl halides is 1. The number of aromatic hydroxyl groups is 2. The molecule has 4 aliphatic carbocycles. The lowest BCUT2D eigenvalue weighted by atomic mass is 9.69. The summed E-state index contributed by atoms with van der Waals surface area (Å²) in [5, 5.41) is 30.7. The van der Waals surface area contributed by atoms with Crippen molar-refractivity contribution in [2.24, 2.45) is 0 Å². The number of carbonyl (C=O) groups is 2. The Hall–Kier alpha value is -2.41. The van der Waals surface area contributed by atoms with Crippen LogP contribution < -0.4 is 0 Å². The number of carbonyl (C=O) groups excluding carboxylic acids is 2. The van der Waals surface area contributed by atoms with E-state index in [1.54, 1.807) is 19.9 Å². The topological polar surface area (TPSA) is 104 Å². The van der Waals surface area contributed by atoms with Gasteiger partial charge in [0, 0.05) is 29.5 Å². The molecule has 7 heteroatoms. The summed E-state index contributed by atoms with van der Waals surface area (Å²) in [6, 6.07) is 1.23. The van der Waals surface area contributed by atoms with Gasteiger partial charge in [-0.2, -0.15) is 0 Å². The minimum atomic E-state index is -1.59. The van der Waals surface area contributed by atoms with Crippen LogP contribution >= 0.6 is 11.6 Å². The highest BCUT2D eigenvalue weighted by Crippen LogP contribution is 2.50. The molecule has 0 amide bonds. The fourth-order valence-corrected chi connectivity index (χ4v) is 4.86. The van der Waals surface area contributed by atoms with Gasteiger partial charge in [-0.25, -0.2) is 0 Å². The second-order valence-electron chi connectivity index (χ2n) is 9.31. The second kappa shape index (κ2) is 7.87. The number of ether oxygens (including phenoxy) is 1. The van der Waals surface area contributed by atoms with Crippen molar-refractivity contribution in [1.29, 1.82) is 0 Å². The molecule has 5 aliphatic rings. The Morgan fingerprint density at radius 1 is 1.22 bits per heavy atom. The summed E-state index contributed by atoms with van der Waals surface area (Å²) in [4.78, 5) is 27.5. The van der Waals surface area contributed by atoms with Gasteiger partial charge in [0.2, 0.25) is 5.78 Å². The average molecular weight is 459 g/mol. The fourth-order valence-electron chi connectivity index (χ4n) is 4.69. The van der Waals surface area contributed by atoms with Gasteiger partial charge in [0.1, 0.15) is 11.5 Å². The van der Waals surface area contributed by atoms with Crippen LogP contribution in [-0.2, 0) is 11.2 Å². The zero-order chi connectivity index (χ0) is 23.4. The normalized spacial score (nSPS) is 27.4. The Kier molecular flexibility index (Phi) is 5.60. The van der Waals surface area contributed by atoms with Crippen molar-refractivity contribution < 1.29 is 29.6 Å². The molecule has 1 aliphatic heterocycles. The summed E-state index contributed by atoms with van der Waals surface area (Å²) in [6.45, 7) is 5.22. The smallest absolute Gasteiger partial charge is 0.200 e. The molecule has 32 heavy (non-hydrogen) atoms. The van der Waals surface area contributed by atoms with E-state index in [-0.39, 0.29) is 47.5 Å². The molecule has 6 nitrogen and oxygen atoms in total. The van der Waals surface area contributed by atoms with Crippen LogP contribution in [0.25, 0.3) is 0 Å². The molecule has 0 aromatic heterocycles. The number of aliphatic hydroxyl groups excluding tert-OH is 1. The van der Waals surface area contributed by atoms with Gasteiger partial charge >= 0.3 is 0 Å². The molecule has 0 unspecified atom stereocenters. The Labute approximate surface area is 191 Å². The Morgan fingerprint density at radius 3 is 2.62 bits per heavy atom. The van der Waals surface area contributed by atoms with E-state index in [0.29, 0.717) is 18.4 Å². The largest absolute Gasteiger partial charge is 0.507 e. The van der Waals surface area contributed by atoms with Crippen LogP contribution in [-0.4, -0.2) is 50.1 Å². The number of benzene rings is 1. The number of ketones is 2. The zero-order valence-corrected chi connectivity index (χ0v) is 19.1. The van der Waals surface area contributed by atoms with Crippen molar-refractivity contribution in [1.82, 2.24) is 0 Å². The van der Waals surface area contributed by atoms with Crippen LogP contribution in [0.15, 0.2) is 41.0 Å². The molecule has 170 valence electrons. The number of Topliss-reactive ketones (excluding diaryl/α,β-unsaturated/α-hetero) is 2. The lowest BCUT2D eigenvalue weighted by Crippen LogP contribution is -2.58. The number of allylic oxidation sites excluding steroid dienone is 2. The molecule has 1 spiro atoms. The van der Waals surface area contributed by atoms with E-state index in [1.807, 2.05) is 19.1 Å². The summed E-state index contributed by atoms with van der Waals surface area (Å²) >= 11 is 6.50. The number of rotatable bonds is 1. The van der Waals surface area contributed by atoms with Crippen molar-refractivity contribution >= 4 is 23.2 Å². The number of fused-ring (bicyclic) bond motifs is 1. The van der Waals surface area contributed by atoms with E-state index in [9.17, 15) is 24.9 Å². The summed E-state index contributed by atoms with van der Waals surface area (Å²) in [5.41, 5.74) is -0.913. The maximum Gasteiger partial charge on any atom is 0.200 e. The molecule has 0 saturated heterocycles. The molecule has 0 fully saturated rings. The van der Waals surface area contributed by atoms with Gasteiger partial charge in [0.15, 0.2) is 11.4 Å². The first kappa shape index (κ1) is 22.8. The highest BCUT2D eigenvalue weighted by molar-refractivity contribution is 6.30. The Bertz CT molecular complexity index is 1110. The predicted molar refractivity (Wildman–Crippen MR) is 121 cm³/mol. The molecule has 2 atom stereocenters. The van der Waals surface area contributed by atoms with E-state index >= 15 is 0 Å². The number of hydrogen-bond acceptors (Lipinski definition) is 6. The van der Waals surface area contributed by atoms with E-state index in [2.05, 4.69) is 0 Å². The van der Waals surface area contributed by atoms with Crippen molar-refractivity contribution in [3.63, 3.8) is 0 Å². The van der Waals surface area contributed by atoms with Crippen molar-refractivity contribution in [2.45, 2.75) is 63.0 Å². The van der Waals surface area contributed by atoms with Crippen LogP contribution in [0, 0.1) is 0 Å². The predicted octanol–water partition coefficient (Wildman–Crippen LogP) is 4.15. The van der Waals surface area contributed by atoms with E-state index in [1.165, 1.54) is 6.07 Å². The maximum absolute atomic E-state index is 13.9. The summed E-state index contributed by atoms with van der Waals surface area (Å²) in [5.74, 6) is -1.80. The molecule has 1 aromatic rings. The Morgan fingerprint density at radius 2 is 1.94 bits per heavy atom. The lowest BCUT2D eigenvalue weighted by molar-refractivity contribution is -0.103. The molecule has 6 rings (SSSR count). The van der Waals surface area contributed by atoms with Crippen molar-refractivity contribution in [3.8, 4) is 11.5 Å². The number of phenolic OH excluding ortho intramolecular Hbond substituents is 2. The quantitative estimate of drug-likeness (QED) is 0.431. The third-order valence-electron chi connectivity index (χ3n) is 6.63. The molecular formula is C25H27ClO6. The average Bonchev–Trinajstić information content (AvgIpc) is 2.73. The van der Waals surface area contributed by atoms with E-state index < -0.39 is 33.9 Å². The van der Waals surface area contributed by atoms with E-state index in [0.717, 1.165) is 5.57 Å². The number of phenols is 2. The summed E-state index contributed by atoms with van der Waals surface area (Å²) in [7, 11) is 0. The molecule has 4 bridgehead atoms. The highest BCUT2D eigenvalue weighted by atomic mass is 35.5. The van der Waals surface area contributed by atoms with Gasteiger partial charge in [0.25, 0.3) is 0 Å². The Balaban J connectivity index is 2.04. The van der Waals surface area contributed by atoms with Gasteiger partial charge < -0.3 is 20.1 Å². The van der Waals surface area contributed by atoms with Crippen LogP contribution in [0.3, 0.4) is 0 Å². The monoisotopic (exact) mass is 458 g/mol. The number of aliphatic hydroxyl groups is 1. The van der Waals surface area contributed by atoms with Crippen molar-refractivity contribution in [2.75, 3.05) is 6.61 Å². The third kappa shape index (κ3) is 3.41. The standard InChI is InChI=1S/C25H27ClO6/c1-13-5-4-6-14(12-27)9-15-18(28)10-16-20(21(15)29)22(30)17-11-19(26)24(2,3)32-25(17,8-7-13)23(16)31/h6-7,10-11,19,27-29H,4-5,8-9,12H2,1-3H3/t19-,25-/m1/s1. The van der Waals surface area contributed by atoms with Gasteiger partial charge in [-0.05, 0) is 45.3 Å². The van der Waals surface area contributed by atoms with Crippen LogP contribution in [0.5, 0.6) is 11.5 Å². The number of hydrogen-bond donors (Lipinski definition) is 3. The first-order valence-corrected chi connectivity index (χ1v) is 11.1. The van der Waals surface area contributed by atoms with E-state index in [4.69, 9.17) is 16.3 Å². The van der Waals surface area contributed by atoms with Crippen LogP contribution in [0.4, 0.5) is 0 Å². The fraction of sp³-hybridized carbons (Fsp3) is 0.440. The molecular weight excluding hydrogens is 432 g/mol. The van der Waals surface area contributed by atoms with Gasteiger partial charge in [-0.15, -0.1) is 11.6 Å². The van der Waals surface area contributed by atoms with Crippen LogP contribution in [0.1, 0.15) is 66.3 Å². The minimum Gasteiger partial charge on any atom is -0.507 e. The van der Waals surface area contributed by atoms with Crippen molar-refractivity contribution in [3.05, 3.63) is 57.7 Å². The lowest BCUT2D eigenvalue weighted by Gasteiger charge is -2.48. The first-order valence-electron chi connectivity index (χ1n) is 10.7. The minimum absolute atomic E-state index is 0.0531. The van der Waals surface area contributed by atoms with Crippen LogP contribution in [0.2, 0.25) is 0 Å². The molecule has 3 N–H and O–H groups in total. The highest BCUT2D eigenvalue weighted by Gasteiger charge is 2.57. The van der Waals surface area contributed by atoms with Gasteiger partial charge in [-0.3, -0.25) is 9.59 Å². The van der Waals surface area contributed by atoms with Gasteiger partial charge in [0.05, 0.1) is 23.1 Å². The molecule has 1 aromatic carbocycles. The summed E-state index contributed by atoms with van der Waals surface area (Å²) < 4.78 is 6.31. The number of halogens is 1. The summed E-state index contributed by atoms with van der Waals surface area (Å²) in [6.07, 6.45) is 6.83. The second-order valence-corrected chi connectivity index (χ2v) is 9.78. The SMILES string of the molecule is CC1=CC[C@@]23OC(C)(C)[C@H](Cl)C=C2C(=O)c2c(cc(O)c(c2O)CC(CO)=CCC1)C3=O.